The Morgan fingerprint density at radius 3 is 2.76 bits per heavy atom. The molecule has 0 fully saturated rings. The summed E-state index contributed by atoms with van der Waals surface area (Å²) in [6.07, 6.45) is -0.229. The number of fused-ring (bicyclic) bond motifs is 1. The molecule has 1 aliphatic heterocycles. The van der Waals surface area contributed by atoms with Crippen LogP contribution in [0.1, 0.15) is 28.8 Å². The number of carbonyl (C=O) groups excluding carboxylic acids is 2. The molecule has 7 heteroatoms. The molecule has 1 heterocycles. The first-order valence-corrected chi connectivity index (χ1v) is 6.71. The molecular formula is C14H14ClNO5. The van der Waals surface area contributed by atoms with Crippen LogP contribution in [0.25, 0.3) is 0 Å². The summed E-state index contributed by atoms with van der Waals surface area (Å²) < 4.78 is 4.68. The van der Waals surface area contributed by atoms with Gasteiger partial charge in [-0.3, -0.25) is 9.59 Å². The van der Waals surface area contributed by atoms with Crippen molar-refractivity contribution in [1.29, 1.82) is 0 Å². The molecule has 21 heavy (non-hydrogen) atoms. The van der Waals surface area contributed by atoms with Crippen LogP contribution in [0.3, 0.4) is 0 Å². The summed E-state index contributed by atoms with van der Waals surface area (Å²) in [7, 11) is 1.21. The molecule has 0 aromatic heterocycles. The molecule has 0 spiro atoms. The normalized spacial score (nSPS) is 14.8. The molecule has 1 amide bonds. The van der Waals surface area contributed by atoms with Crippen LogP contribution in [0, 0.1) is 0 Å². The number of methoxy groups -OCH3 is 1. The number of carboxylic acids is 1. The number of rotatable bonds is 5. The number of halogens is 1. The third-order valence-electron chi connectivity index (χ3n) is 3.42. The maximum Gasteiger partial charge on any atom is 0.328 e. The van der Waals surface area contributed by atoms with Gasteiger partial charge in [0.15, 0.2) is 0 Å². The SMILES string of the molecule is COC(=O)C(CCC(=O)O)N1Cc2c(Cl)cccc2C1=O. The van der Waals surface area contributed by atoms with E-state index in [1.807, 2.05) is 0 Å². The lowest BCUT2D eigenvalue weighted by atomic mass is 10.1. The van der Waals surface area contributed by atoms with Crippen molar-refractivity contribution in [1.82, 2.24) is 4.90 Å². The van der Waals surface area contributed by atoms with Crippen molar-refractivity contribution in [3.63, 3.8) is 0 Å². The largest absolute Gasteiger partial charge is 0.481 e. The van der Waals surface area contributed by atoms with E-state index in [4.69, 9.17) is 16.7 Å². The summed E-state index contributed by atoms with van der Waals surface area (Å²) in [5.41, 5.74) is 1.08. The molecule has 1 aliphatic rings. The highest BCUT2D eigenvalue weighted by Crippen LogP contribution is 2.31. The molecular weight excluding hydrogens is 298 g/mol. The molecule has 0 saturated carbocycles. The molecule has 112 valence electrons. The number of amides is 1. The van der Waals surface area contributed by atoms with E-state index in [0.717, 1.165) is 0 Å². The molecule has 1 atom stereocenters. The first kappa shape index (κ1) is 15.3. The Morgan fingerprint density at radius 1 is 1.48 bits per heavy atom. The van der Waals surface area contributed by atoms with Crippen molar-refractivity contribution in [3.05, 3.63) is 34.3 Å². The van der Waals surface area contributed by atoms with Gasteiger partial charge in [-0.2, -0.15) is 0 Å². The summed E-state index contributed by atoms with van der Waals surface area (Å²) >= 11 is 6.06. The third-order valence-corrected chi connectivity index (χ3v) is 3.77. The molecule has 0 bridgehead atoms. The molecule has 2 rings (SSSR count). The van der Waals surface area contributed by atoms with E-state index < -0.39 is 18.0 Å². The lowest BCUT2D eigenvalue weighted by Gasteiger charge is -2.25. The number of nitrogens with zero attached hydrogens (tertiary/aromatic N) is 1. The first-order valence-electron chi connectivity index (χ1n) is 6.33. The predicted molar refractivity (Wildman–Crippen MR) is 74.0 cm³/mol. The van der Waals surface area contributed by atoms with Gasteiger partial charge in [0.25, 0.3) is 5.91 Å². The number of hydrogen-bond donors (Lipinski definition) is 1. The maximum atomic E-state index is 12.4. The Hall–Kier alpha value is -2.08. The van der Waals surface area contributed by atoms with Gasteiger partial charge in [-0.05, 0) is 18.6 Å². The summed E-state index contributed by atoms with van der Waals surface area (Å²) in [6, 6.07) is 4.03. The number of ether oxygens (including phenoxy) is 1. The fourth-order valence-electron chi connectivity index (χ4n) is 2.37. The molecule has 1 aromatic rings. The van der Waals surface area contributed by atoms with E-state index in [1.165, 1.54) is 12.0 Å². The van der Waals surface area contributed by atoms with Gasteiger partial charge in [0.05, 0.1) is 7.11 Å². The van der Waals surface area contributed by atoms with Crippen LogP contribution in [-0.2, 0) is 20.9 Å². The fraction of sp³-hybridized carbons (Fsp3) is 0.357. The zero-order chi connectivity index (χ0) is 15.6. The predicted octanol–water partition coefficient (Wildman–Crippen LogP) is 1.70. The van der Waals surface area contributed by atoms with E-state index in [-0.39, 0.29) is 25.3 Å². The molecule has 0 aliphatic carbocycles. The van der Waals surface area contributed by atoms with Crippen molar-refractivity contribution in [3.8, 4) is 0 Å². The van der Waals surface area contributed by atoms with Crippen LogP contribution in [0.5, 0.6) is 0 Å². The second-order valence-corrected chi connectivity index (χ2v) is 5.08. The third kappa shape index (κ3) is 3.00. The number of benzene rings is 1. The van der Waals surface area contributed by atoms with Crippen LogP contribution in [0.2, 0.25) is 5.02 Å². The highest BCUT2D eigenvalue weighted by Gasteiger charge is 2.37. The van der Waals surface area contributed by atoms with Crippen molar-refractivity contribution in [2.45, 2.75) is 25.4 Å². The average Bonchev–Trinajstić information content (AvgIpc) is 2.78. The Balaban J connectivity index is 2.27. The van der Waals surface area contributed by atoms with Crippen LogP contribution >= 0.6 is 11.6 Å². The van der Waals surface area contributed by atoms with Crippen molar-refractivity contribution < 1.29 is 24.2 Å². The minimum atomic E-state index is -1.04. The second-order valence-electron chi connectivity index (χ2n) is 4.67. The van der Waals surface area contributed by atoms with Gasteiger partial charge < -0.3 is 14.7 Å². The van der Waals surface area contributed by atoms with E-state index in [1.54, 1.807) is 18.2 Å². The van der Waals surface area contributed by atoms with Gasteiger partial charge in [0, 0.05) is 29.1 Å². The lowest BCUT2D eigenvalue weighted by molar-refractivity contribution is -0.147. The summed E-state index contributed by atoms with van der Waals surface area (Å²) in [5.74, 6) is -2.01. The monoisotopic (exact) mass is 311 g/mol. The minimum Gasteiger partial charge on any atom is -0.481 e. The van der Waals surface area contributed by atoms with Gasteiger partial charge in [0.2, 0.25) is 0 Å². The highest BCUT2D eigenvalue weighted by molar-refractivity contribution is 6.32. The molecule has 1 unspecified atom stereocenters. The van der Waals surface area contributed by atoms with Gasteiger partial charge in [0.1, 0.15) is 6.04 Å². The second kappa shape index (κ2) is 6.13. The Labute approximate surface area is 126 Å². The average molecular weight is 312 g/mol. The van der Waals surface area contributed by atoms with Gasteiger partial charge >= 0.3 is 11.9 Å². The van der Waals surface area contributed by atoms with Gasteiger partial charge in [-0.15, -0.1) is 0 Å². The zero-order valence-electron chi connectivity index (χ0n) is 11.3. The van der Waals surface area contributed by atoms with E-state index in [2.05, 4.69) is 4.74 Å². The number of esters is 1. The zero-order valence-corrected chi connectivity index (χ0v) is 12.1. The molecule has 1 N–H and O–H groups in total. The minimum absolute atomic E-state index is 0.000641. The van der Waals surface area contributed by atoms with E-state index >= 15 is 0 Å². The van der Waals surface area contributed by atoms with Gasteiger partial charge in [-0.25, -0.2) is 4.79 Å². The van der Waals surface area contributed by atoms with Crippen molar-refractivity contribution in [2.24, 2.45) is 0 Å². The fourth-order valence-corrected chi connectivity index (χ4v) is 2.60. The first-order chi connectivity index (χ1) is 9.95. The number of carboxylic acid groups (broad SMARTS) is 1. The number of hydrogen-bond acceptors (Lipinski definition) is 4. The van der Waals surface area contributed by atoms with Gasteiger partial charge in [-0.1, -0.05) is 17.7 Å². The lowest BCUT2D eigenvalue weighted by Crippen LogP contribution is -2.42. The highest BCUT2D eigenvalue weighted by atomic mass is 35.5. The van der Waals surface area contributed by atoms with Crippen molar-refractivity contribution in [2.75, 3.05) is 7.11 Å². The summed E-state index contributed by atoms with van der Waals surface area (Å²) in [4.78, 5) is 36.2. The quantitative estimate of drug-likeness (QED) is 0.837. The Bertz CT molecular complexity index is 601. The van der Waals surface area contributed by atoms with Crippen LogP contribution in [0.15, 0.2) is 18.2 Å². The van der Waals surface area contributed by atoms with E-state index in [9.17, 15) is 14.4 Å². The maximum absolute atomic E-state index is 12.4. The van der Waals surface area contributed by atoms with Crippen molar-refractivity contribution >= 4 is 29.4 Å². The van der Waals surface area contributed by atoms with Crippen LogP contribution in [0.4, 0.5) is 0 Å². The van der Waals surface area contributed by atoms with E-state index in [0.29, 0.717) is 16.1 Å². The Morgan fingerprint density at radius 2 is 2.19 bits per heavy atom. The summed E-state index contributed by atoms with van der Waals surface area (Å²) in [6.45, 7) is 0.174. The van der Waals surface area contributed by atoms with Crippen LogP contribution in [-0.4, -0.2) is 41.0 Å². The smallest absolute Gasteiger partial charge is 0.328 e. The summed E-state index contributed by atoms with van der Waals surface area (Å²) in [5, 5.41) is 9.22. The van der Waals surface area contributed by atoms with Crippen LogP contribution < -0.4 is 0 Å². The standard InChI is InChI=1S/C14H14ClNO5/c1-21-14(20)11(5-6-12(17)18)16-7-9-8(13(16)19)3-2-4-10(9)15/h2-4,11H,5-7H2,1H3,(H,17,18). The Kier molecular flexibility index (Phi) is 4.47. The molecule has 0 saturated heterocycles. The molecule has 0 radical (unpaired) electrons. The number of carbonyl (C=O) groups is 3. The molecule has 1 aromatic carbocycles. The number of aliphatic carboxylic acids is 1. The molecule has 6 nitrogen and oxygen atoms in total. The topological polar surface area (TPSA) is 83.9 Å².